The van der Waals surface area contributed by atoms with Crippen LogP contribution in [0.1, 0.15) is 6.92 Å². The molecule has 0 spiro atoms. The second kappa shape index (κ2) is 3.96. The molecule has 3 heteroatoms. The van der Waals surface area contributed by atoms with Gasteiger partial charge in [0.1, 0.15) is 11.3 Å². The number of para-hydroxylation sites is 1. The summed E-state index contributed by atoms with van der Waals surface area (Å²) in [6.07, 6.45) is 1.78. The molecule has 0 aliphatic heterocycles. The maximum Gasteiger partial charge on any atom is 0.145 e. The van der Waals surface area contributed by atoms with E-state index < -0.39 is 0 Å². The highest BCUT2D eigenvalue weighted by molar-refractivity contribution is 9.10. The fourth-order valence-corrected chi connectivity index (χ4v) is 1.73. The molecular formula is C11H10BrNO. The van der Waals surface area contributed by atoms with Gasteiger partial charge in [-0.05, 0) is 35.0 Å². The Kier molecular flexibility index (Phi) is 2.68. The molecule has 1 aromatic carbocycles. The predicted octanol–water partition coefficient (Wildman–Crippen LogP) is 3.40. The highest BCUT2D eigenvalue weighted by Gasteiger charge is 2.02. The number of aromatic nitrogens is 1. The van der Waals surface area contributed by atoms with Crippen molar-refractivity contribution in [1.29, 1.82) is 0 Å². The molecule has 0 fully saturated rings. The van der Waals surface area contributed by atoms with E-state index in [0.29, 0.717) is 6.61 Å². The summed E-state index contributed by atoms with van der Waals surface area (Å²) >= 11 is 3.39. The minimum absolute atomic E-state index is 0.664. The molecule has 2 aromatic rings. The third kappa shape index (κ3) is 1.73. The maximum atomic E-state index is 5.48. The molecule has 0 saturated heterocycles. The summed E-state index contributed by atoms with van der Waals surface area (Å²) in [5.41, 5.74) is 0.914. The lowest BCUT2D eigenvalue weighted by Gasteiger charge is -2.05. The quantitative estimate of drug-likeness (QED) is 0.817. The SMILES string of the molecule is CCOc1cccc2cc(Br)cnc12. The highest BCUT2D eigenvalue weighted by Crippen LogP contribution is 2.25. The zero-order valence-electron chi connectivity index (χ0n) is 7.83. The summed E-state index contributed by atoms with van der Waals surface area (Å²) in [7, 11) is 0. The van der Waals surface area contributed by atoms with Crippen LogP contribution in [0.4, 0.5) is 0 Å². The first-order chi connectivity index (χ1) is 6.81. The Morgan fingerprint density at radius 3 is 3.07 bits per heavy atom. The average molecular weight is 252 g/mol. The summed E-state index contributed by atoms with van der Waals surface area (Å²) < 4.78 is 6.47. The Labute approximate surface area is 91.0 Å². The summed E-state index contributed by atoms with van der Waals surface area (Å²) in [5.74, 6) is 0.845. The van der Waals surface area contributed by atoms with Gasteiger partial charge in [0.25, 0.3) is 0 Å². The molecule has 0 amide bonds. The van der Waals surface area contributed by atoms with Crippen molar-refractivity contribution in [3.8, 4) is 5.75 Å². The second-order valence-corrected chi connectivity index (χ2v) is 3.83. The van der Waals surface area contributed by atoms with Crippen LogP contribution in [0.3, 0.4) is 0 Å². The Bertz CT molecular complexity index is 456. The number of hydrogen-bond acceptors (Lipinski definition) is 2. The van der Waals surface area contributed by atoms with Gasteiger partial charge < -0.3 is 4.74 Å². The molecule has 72 valence electrons. The molecular weight excluding hydrogens is 242 g/mol. The molecule has 0 saturated carbocycles. The van der Waals surface area contributed by atoms with Gasteiger partial charge in [-0.25, -0.2) is 0 Å². The lowest BCUT2D eigenvalue weighted by molar-refractivity contribution is 0.343. The van der Waals surface area contributed by atoms with Gasteiger partial charge in [0.2, 0.25) is 0 Å². The second-order valence-electron chi connectivity index (χ2n) is 2.91. The predicted molar refractivity (Wildman–Crippen MR) is 60.6 cm³/mol. The van der Waals surface area contributed by atoms with Crippen LogP contribution in [0, 0.1) is 0 Å². The third-order valence-electron chi connectivity index (χ3n) is 1.94. The van der Waals surface area contributed by atoms with Crippen molar-refractivity contribution >= 4 is 26.8 Å². The number of halogens is 1. The van der Waals surface area contributed by atoms with E-state index in [0.717, 1.165) is 21.1 Å². The number of benzene rings is 1. The Balaban J connectivity index is 2.62. The molecule has 0 N–H and O–H groups in total. The first-order valence-corrected chi connectivity index (χ1v) is 5.27. The minimum Gasteiger partial charge on any atom is -0.492 e. The van der Waals surface area contributed by atoms with Gasteiger partial charge in [0, 0.05) is 16.1 Å². The van der Waals surface area contributed by atoms with Crippen molar-refractivity contribution < 1.29 is 4.74 Å². The van der Waals surface area contributed by atoms with E-state index in [1.54, 1.807) is 6.20 Å². The normalized spacial score (nSPS) is 10.4. The minimum atomic E-state index is 0.664. The van der Waals surface area contributed by atoms with E-state index in [1.807, 2.05) is 31.2 Å². The molecule has 0 aliphatic carbocycles. The largest absolute Gasteiger partial charge is 0.492 e. The number of pyridine rings is 1. The van der Waals surface area contributed by atoms with Crippen molar-refractivity contribution in [3.63, 3.8) is 0 Å². The summed E-state index contributed by atoms with van der Waals surface area (Å²) in [5, 5.41) is 1.09. The van der Waals surface area contributed by atoms with E-state index in [2.05, 4.69) is 20.9 Å². The number of ether oxygens (including phenoxy) is 1. The zero-order chi connectivity index (χ0) is 9.97. The van der Waals surface area contributed by atoms with Gasteiger partial charge in [0.15, 0.2) is 0 Å². The molecule has 2 nitrogen and oxygen atoms in total. The molecule has 1 heterocycles. The van der Waals surface area contributed by atoms with Gasteiger partial charge >= 0.3 is 0 Å². The molecule has 0 aliphatic rings. The fraction of sp³-hybridized carbons (Fsp3) is 0.182. The zero-order valence-corrected chi connectivity index (χ0v) is 9.41. The topological polar surface area (TPSA) is 22.1 Å². The van der Waals surface area contributed by atoms with E-state index >= 15 is 0 Å². The van der Waals surface area contributed by atoms with Crippen LogP contribution in [-0.4, -0.2) is 11.6 Å². The fourth-order valence-electron chi connectivity index (χ4n) is 1.38. The van der Waals surface area contributed by atoms with Crippen molar-refractivity contribution in [1.82, 2.24) is 4.98 Å². The van der Waals surface area contributed by atoms with Gasteiger partial charge in [0.05, 0.1) is 6.61 Å². The average Bonchev–Trinajstić information content (AvgIpc) is 2.18. The third-order valence-corrected chi connectivity index (χ3v) is 2.37. The van der Waals surface area contributed by atoms with Crippen LogP contribution in [0.25, 0.3) is 10.9 Å². The van der Waals surface area contributed by atoms with E-state index in [9.17, 15) is 0 Å². The number of hydrogen-bond donors (Lipinski definition) is 0. The summed E-state index contributed by atoms with van der Waals surface area (Å²) in [6, 6.07) is 7.97. The maximum absolute atomic E-state index is 5.48. The first kappa shape index (κ1) is 9.46. The monoisotopic (exact) mass is 251 g/mol. The first-order valence-electron chi connectivity index (χ1n) is 4.48. The van der Waals surface area contributed by atoms with Crippen LogP contribution < -0.4 is 4.74 Å². The van der Waals surface area contributed by atoms with Gasteiger partial charge in [-0.3, -0.25) is 4.98 Å². The van der Waals surface area contributed by atoms with Crippen LogP contribution >= 0.6 is 15.9 Å². The number of fused-ring (bicyclic) bond motifs is 1. The lowest BCUT2D eigenvalue weighted by Crippen LogP contribution is -1.93. The highest BCUT2D eigenvalue weighted by atomic mass is 79.9. The molecule has 0 unspecified atom stereocenters. The molecule has 2 rings (SSSR count). The van der Waals surface area contributed by atoms with Gasteiger partial charge in [-0.15, -0.1) is 0 Å². The Morgan fingerprint density at radius 1 is 1.43 bits per heavy atom. The van der Waals surface area contributed by atoms with Crippen molar-refractivity contribution in [2.45, 2.75) is 6.92 Å². The van der Waals surface area contributed by atoms with E-state index in [4.69, 9.17) is 4.74 Å². The summed E-state index contributed by atoms with van der Waals surface area (Å²) in [6.45, 7) is 2.63. The van der Waals surface area contributed by atoms with E-state index in [-0.39, 0.29) is 0 Å². The standard InChI is InChI=1S/C11H10BrNO/c1-2-14-10-5-3-4-8-6-9(12)7-13-11(8)10/h3-7H,2H2,1H3. The smallest absolute Gasteiger partial charge is 0.145 e. The van der Waals surface area contributed by atoms with Crippen molar-refractivity contribution in [2.24, 2.45) is 0 Å². The van der Waals surface area contributed by atoms with Crippen LogP contribution in [-0.2, 0) is 0 Å². The van der Waals surface area contributed by atoms with Crippen molar-refractivity contribution in [2.75, 3.05) is 6.61 Å². The van der Waals surface area contributed by atoms with Crippen molar-refractivity contribution in [3.05, 3.63) is 34.9 Å². The van der Waals surface area contributed by atoms with Crippen LogP contribution in [0.15, 0.2) is 34.9 Å². The summed E-state index contributed by atoms with van der Waals surface area (Å²) in [4.78, 5) is 4.33. The Hall–Kier alpha value is -1.09. The van der Waals surface area contributed by atoms with E-state index in [1.165, 1.54) is 0 Å². The molecule has 0 atom stereocenters. The van der Waals surface area contributed by atoms with Gasteiger partial charge in [-0.2, -0.15) is 0 Å². The Morgan fingerprint density at radius 2 is 2.29 bits per heavy atom. The lowest BCUT2D eigenvalue weighted by atomic mass is 10.2. The number of rotatable bonds is 2. The molecule has 1 aromatic heterocycles. The molecule has 0 bridgehead atoms. The van der Waals surface area contributed by atoms with Crippen LogP contribution in [0.2, 0.25) is 0 Å². The molecule has 0 radical (unpaired) electrons. The molecule has 14 heavy (non-hydrogen) atoms. The van der Waals surface area contributed by atoms with Gasteiger partial charge in [-0.1, -0.05) is 12.1 Å². The van der Waals surface area contributed by atoms with Crippen LogP contribution in [0.5, 0.6) is 5.75 Å². The number of nitrogens with zero attached hydrogens (tertiary/aromatic N) is 1.